The number of carbonyl (C=O) groups excluding carboxylic acids is 1. The van der Waals surface area contributed by atoms with Crippen LogP contribution in [0.15, 0.2) is 48.7 Å². The minimum absolute atomic E-state index is 0.0314. The number of carbonyl (C=O) groups is 1. The highest BCUT2D eigenvalue weighted by atomic mass is 16.6. The number of rotatable bonds is 6. The van der Waals surface area contributed by atoms with E-state index in [1.807, 2.05) is 0 Å². The van der Waals surface area contributed by atoms with E-state index in [0.717, 1.165) is 0 Å². The van der Waals surface area contributed by atoms with Gasteiger partial charge in [0.2, 0.25) is 5.82 Å². The summed E-state index contributed by atoms with van der Waals surface area (Å²) in [5.74, 6) is 0.325. The lowest BCUT2D eigenvalue weighted by Gasteiger charge is -2.07. The van der Waals surface area contributed by atoms with E-state index in [2.05, 4.69) is 15.4 Å². The van der Waals surface area contributed by atoms with Gasteiger partial charge in [0, 0.05) is 24.4 Å². The fraction of sp³-hybridized carbons (Fsp3) is 0.167. The molecule has 2 aromatic heterocycles. The Morgan fingerprint density at radius 1 is 1.30 bits per heavy atom. The zero-order chi connectivity index (χ0) is 19.4. The fourth-order valence-electron chi connectivity index (χ4n) is 2.57. The number of benzene rings is 1. The molecule has 1 aromatic carbocycles. The molecule has 9 nitrogen and oxygen atoms in total. The lowest BCUT2D eigenvalue weighted by Crippen LogP contribution is -2.23. The van der Waals surface area contributed by atoms with Gasteiger partial charge in [-0.1, -0.05) is 0 Å². The number of nitrogens with one attached hydrogen (secondary N) is 1. The third-order valence-electron chi connectivity index (χ3n) is 3.83. The second-order valence-electron chi connectivity index (χ2n) is 5.52. The van der Waals surface area contributed by atoms with Crippen LogP contribution in [0, 0.1) is 10.1 Å². The first-order valence-corrected chi connectivity index (χ1v) is 8.17. The number of amides is 1. The molecule has 0 spiro atoms. The lowest BCUT2D eigenvalue weighted by molar-refractivity contribution is -0.384. The van der Waals surface area contributed by atoms with Gasteiger partial charge in [0.05, 0.1) is 17.7 Å². The SMILES string of the molecule is CCNC(=O)c1cc(-c2ccc(OC)cc2)n(-c2ncccc2[N+](=O)[O-])n1. The quantitative estimate of drug-likeness (QED) is 0.529. The molecular weight excluding hydrogens is 350 g/mol. The van der Waals surface area contributed by atoms with Crippen molar-refractivity contribution in [2.45, 2.75) is 6.92 Å². The minimum Gasteiger partial charge on any atom is -0.497 e. The Labute approximate surface area is 154 Å². The van der Waals surface area contributed by atoms with Crippen LogP contribution in [0.1, 0.15) is 17.4 Å². The summed E-state index contributed by atoms with van der Waals surface area (Å²) >= 11 is 0. The molecule has 3 aromatic rings. The fourth-order valence-corrected chi connectivity index (χ4v) is 2.57. The number of hydrogen-bond acceptors (Lipinski definition) is 6. The molecular formula is C18H17N5O4. The molecule has 27 heavy (non-hydrogen) atoms. The van der Waals surface area contributed by atoms with Gasteiger partial charge in [-0.15, -0.1) is 0 Å². The summed E-state index contributed by atoms with van der Waals surface area (Å²) in [5, 5.41) is 18.3. The first kappa shape index (κ1) is 18.1. The third kappa shape index (κ3) is 3.61. The van der Waals surface area contributed by atoms with Crippen molar-refractivity contribution in [3.8, 4) is 22.8 Å². The Balaban J connectivity index is 2.19. The molecule has 0 atom stereocenters. The maximum absolute atomic E-state index is 12.2. The lowest BCUT2D eigenvalue weighted by atomic mass is 10.1. The maximum atomic E-state index is 12.2. The Morgan fingerprint density at radius 2 is 2.04 bits per heavy atom. The number of aromatic nitrogens is 3. The largest absolute Gasteiger partial charge is 0.497 e. The van der Waals surface area contributed by atoms with Gasteiger partial charge < -0.3 is 10.1 Å². The summed E-state index contributed by atoms with van der Waals surface area (Å²) in [6, 6.07) is 11.5. The predicted molar refractivity (Wildman–Crippen MR) is 98.0 cm³/mol. The van der Waals surface area contributed by atoms with Crippen LogP contribution in [0.5, 0.6) is 5.75 Å². The van der Waals surface area contributed by atoms with Gasteiger partial charge in [-0.3, -0.25) is 14.9 Å². The molecule has 2 heterocycles. The number of methoxy groups -OCH3 is 1. The van der Waals surface area contributed by atoms with Crippen molar-refractivity contribution in [3.05, 3.63) is 64.5 Å². The molecule has 0 saturated carbocycles. The third-order valence-corrected chi connectivity index (χ3v) is 3.83. The molecule has 0 fully saturated rings. The predicted octanol–water partition coefficient (Wildman–Crippen LogP) is 2.60. The van der Waals surface area contributed by atoms with Crippen LogP contribution < -0.4 is 10.1 Å². The van der Waals surface area contributed by atoms with Gasteiger partial charge in [-0.05, 0) is 43.3 Å². The van der Waals surface area contributed by atoms with Gasteiger partial charge in [-0.25, -0.2) is 9.67 Å². The normalized spacial score (nSPS) is 10.4. The topological polar surface area (TPSA) is 112 Å². The number of nitrogens with zero attached hydrogens (tertiary/aromatic N) is 4. The molecule has 1 N–H and O–H groups in total. The van der Waals surface area contributed by atoms with Crippen LogP contribution in [-0.2, 0) is 0 Å². The van der Waals surface area contributed by atoms with Crippen molar-refractivity contribution < 1.29 is 14.5 Å². The van der Waals surface area contributed by atoms with Crippen LogP contribution >= 0.6 is 0 Å². The number of pyridine rings is 1. The minimum atomic E-state index is -0.534. The smallest absolute Gasteiger partial charge is 0.313 e. The molecule has 0 bridgehead atoms. The van der Waals surface area contributed by atoms with Crippen molar-refractivity contribution in [1.82, 2.24) is 20.1 Å². The van der Waals surface area contributed by atoms with Crippen molar-refractivity contribution in [1.29, 1.82) is 0 Å². The van der Waals surface area contributed by atoms with E-state index in [9.17, 15) is 14.9 Å². The number of ether oxygens (including phenoxy) is 1. The highest BCUT2D eigenvalue weighted by Gasteiger charge is 2.23. The first-order chi connectivity index (χ1) is 13.0. The maximum Gasteiger partial charge on any atom is 0.313 e. The van der Waals surface area contributed by atoms with Gasteiger partial charge in [0.25, 0.3) is 5.91 Å². The Hall–Kier alpha value is -3.75. The Kier molecular flexibility index (Phi) is 5.11. The average molecular weight is 367 g/mol. The summed E-state index contributed by atoms with van der Waals surface area (Å²) in [5.41, 5.74) is 1.14. The summed E-state index contributed by atoms with van der Waals surface area (Å²) in [7, 11) is 1.56. The molecule has 0 radical (unpaired) electrons. The summed E-state index contributed by atoms with van der Waals surface area (Å²) in [4.78, 5) is 27.2. The summed E-state index contributed by atoms with van der Waals surface area (Å²) in [6.07, 6.45) is 1.44. The molecule has 0 aliphatic heterocycles. The van der Waals surface area contributed by atoms with Crippen molar-refractivity contribution in [2.75, 3.05) is 13.7 Å². The van der Waals surface area contributed by atoms with Gasteiger partial charge in [0.1, 0.15) is 5.75 Å². The van der Waals surface area contributed by atoms with E-state index in [0.29, 0.717) is 23.6 Å². The number of nitro groups is 1. The zero-order valence-corrected chi connectivity index (χ0v) is 14.7. The van der Waals surface area contributed by atoms with E-state index < -0.39 is 4.92 Å². The van der Waals surface area contributed by atoms with E-state index in [1.165, 1.54) is 23.0 Å². The van der Waals surface area contributed by atoms with Gasteiger partial charge in [-0.2, -0.15) is 5.10 Å². The molecule has 138 valence electrons. The van der Waals surface area contributed by atoms with Crippen LogP contribution in [0.4, 0.5) is 5.69 Å². The summed E-state index contributed by atoms with van der Waals surface area (Å²) < 4.78 is 6.47. The van der Waals surface area contributed by atoms with Gasteiger partial charge >= 0.3 is 5.69 Å². The van der Waals surface area contributed by atoms with Crippen molar-refractivity contribution in [3.63, 3.8) is 0 Å². The van der Waals surface area contributed by atoms with E-state index in [4.69, 9.17) is 4.74 Å². The van der Waals surface area contributed by atoms with Crippen molar-refractivity contribution >= 4 is 11.6 Å². The number of hydrogen-bond donors (Lipinski definition) is 1. The second kappa shape index (κ2) is 7.65. The second-order valence-corrected chi connectivity index (χ2v) is 5.52. The van der Waals surface area contributed by atoms with E-state index >= 15 is 0 Å². The highest BCUT2D eigenvalue weighted by Crippen LogP contribution is 2.28. The highest BCUT2D eigenvalue weighted by molar-refractivity contribution is 5.93. The Bertz CT molecular complexity index is 982. The molecule has 0 aliphatic carbocycles. The van der Waals surface area contributed by atoms with Crippen LogP contribution in [0.25, 0.3) is 17.1 Å². The molecule has 0 aliphatic rings. The van der Waals surface area contributed by atoms with Gasteiger partial charge in [0.15, 0.2) is 5.69 Å². The summed E-state index contributed by atoms with van der Waals surface area (Å²) in [6.45, 7) is 2.23. The van der Waals surface area contributed by atoms with Crippen LogP contribution in [0.3, 0.4) is 0 Å². The average Bonchev–Trinajstić information content (AvgIpc) is 3.13. The van der Waals surface area contributed by atoms with E-state index in [1.54, 1.807) is 44.4 Å². The molecule has 0 unspecified atom stereocenters. The molecule has 9 heteroatoms. The van der Waals surface area contributed by atoms with Crippen LogP contribution in [0.2, 0.25) is 0 Å². The molecule has 1 amide bonds. The molecule has 3 rings (SSSR count). The van der Waals surface area contributed by atoms with Crippen LogP contribution in [-0.4, -0.2) is 39.2 Å². The van der Waals surface area contributed by atoms with Crippen molar-refractivity contribution in [2.24, 2.45) is 0 Å². The zero-order valence-electron chi connectivity index (χ0n) is 14.7. The Morgan fingerprint density at radius 3 is 2.67 bits per heavy atom. The first-order valence-electron chi connectivity index (χ1n) is 8.17. The molecule has 0 saturated heterocycles. The van der Waals surface area contributed by atoms with E-state index in [-0.39, 0.29) is 23.1 Å². The monoisotopic (exact) mass is 367 g/mol. The standard InChI is InChI=1S/C18H17N5O4/c1-3-19-18(24)14-11-16(12-6-8-13(27-2)9-7-12)22(21-14)17-15(23(25)26)5-4-10-20-17/h4-11H,3H2,1-2H3,(H,19,24).